The van der Waals surface area contributed by atoms with E-state index in [-0.39, 0.29) is 18.0 Å². The minimum atomic E-state index is -0.213. The van der Waals surface area contributed by atoms with Gasteiger partial charge in [0.15, 0.2) is 0 Å². The number of aromatic nitrogens is 5. The second-order valence-electron chi connectivity index (χ2n) is 12.8. The third-order valence-electron chi connectivity index (χ3n) is 10.1. The summed E-state index contributed by atoms with van der Waals surface area (Å²) in [6, 6.07) is 8.28. The van der Waals surface area contributed by atoms with E-state index in [1.165, 1.54) is 5.56 Å². The number of nitrogens with zero attached hydrogens (tertiary/aromatic N) is 6. The van der Waals surface area contributed by atoms with Gasteiger partial charge in [-0.25, -0.2) is 4.98 Å². The molecule has 0 saturated carbocycles. The van der Waals surface area contributed by atoms with Crippen LogP contribution in [-0.2, 0) is 22.3 Å². The molecule has 4 aliphatic rings. The van der Waals surface area contributed by atoms with Crippen molar-refractivity contribution >= 4 is 33.1 Å². The van der Waals surface area contributed by atoms with Crippen molar-refractivity contribution in [2.75, 3.05) is 38.3 Å². The van der Waals surface area contributed by atoms with E-state index in [1.807, 2.05) is 29.4 Å². The lowest BCUT2D eigenvalue weighted by Gasteiger charge is -2.29. The van der Waals surface area contributed by atoms with Gasteiger partial charge in [-0.3, -0.25) is 14.8 Å². The Bertz CT molecular complexity index is 2000. The highest BCUT2D eigenvalue weighted by atomic mass is 32.1. The van der Waals surface area contributed by atoms with Crippen LogP contribution in [0, 0.1) is 12.8 Å². The van der Waals surface area contributed by atoms with Gasteiger partial charge in [0.1, 0.15) is 5.82 Å². The molecule has 5 aromatic heterocycles. The Morgan fingerprint density at radius 2 is 1.94 bits per heavy atom. The number of aryl methyl sites for hydroxylation is 3. The van der Waals surface area contributed by atoms with Gasteiger partial charge < -0.3 is 24.1 Å². The third kappa shape index (κ3) is 5.01. The smallest absolute Gasteiger partial charge is 0.257 e. The Labute approximate surface area is 275 Å². The number of hydrogen-bond donors (Lipinski definition) is 1. The van der Waals surface area contributed by atoms with Gasteiger partial charge in [-0.05, 0) is 73.6 Å². The molecule has 3 aliphatic heterocycles. The van der Waals surface area contributed by atoms with Crippen LogP contribution in [0.3, 0.4) is 0 Å². The first kappa shape index (κ1) is 28.9. The standard InChI is InChI=1S/C35H35N7O4S/c1-19-40-41-34(46-19)28-25(5-4-20-9-14-44-15-10-20)38-31-26-18-45-16-13-42(26)35(43)30(31)29(28)27-17-21-8-12-37-33(32(21)47-27)39-24-7-6-23-22(24)3-2-11-36-23/h2-3,8,11-12,17,20,24,26H,4-7,9-10,13-16,18H2,1H3,(H,37,39). The molecule has 2 atom stereocenters. The molecule has 5 aromatic rings. The van der Waals surface area contributed by atoms with E-state index in [9.17, 15) is 4.79 Å². The monoisotopic (exact) mass is 649 g/mol. The summed E-state index contributed by atoms with van der Waals surface area (Å²) in [6.07, 6.45) is 9.39. The number of amides is 1. The average molecular weight is 650 g/mol. The van der Waals surface area contributed by atoms with E-state index in [0.717, 1.165) is 101 Å². The van der Waals surface area contributed by atoms with Gasteiger partial charge in [0.25, 0.3) is 5.91 Å². The van der Waals surface area contributed by atoms with Crippen LogP contribution >= 0.6 is 11.3 Å². The van der Waals surface area contributed by atoms with Crippen LogP contribution in [-0.4, -0.2) is 68.9 Å². The number of carbonyl (C=O) groups excluding carboxylic acids is 1. The molecule has 2 unspecified atom stereocenters. The molecular weight excluding hydrogens is 614 g/mol. The molecule has 8 heterocycles. The van der Waals surface area contributed by atoms with Crippen LogP contribution in [0.25, 0.3) is 32.0 Å². The van der Waals surface area contributed by atoms with Gasteiger partial charge in [0, 0.05) is 55.2 Å². The van der Waals surface area contributed by atoms with Crippen LogP contribution in [0.4, 0.5) is 5.82 Å². The largest absolute Gasteiger partial charge is 0.421 e. The quantitative estimate of drug-likeness (QED) is 0.221. The Morgan fingerprint density at radius 1 is 1.02 bits per heavy atom. The number of ether oxygens (including phenoxy) is 2. The lowest BCUT2D eigenvalue weighted by molar-refractivity contribution is 0.00352. The average Bonchev–Trinajstić information content (AvgIpc) is 3.90. The topological polar surface area (TPSA) is 128 Å². The SMILES string of the molecule is Cc1nnc(-c2c(CCC3CCOCC3)nc3c(c2-c2cc4ccnc(NC5CCc6ncccc65)c4s2)C(=O)N2CCOCC32)o1. The molecular formula is C35H35N7O4S. The number of thiophene rings is 1. The van der Waals surface area contributed by atoms with Gasteiger partial charge >= 0.3 is 0 Å². The zero-order valence-corrected chi connectivity index (χ0v) is 27.0. The molecule has 1 N–H and O–H groups in total. The van der Waals surface area contributed by atoms with Crippen LogP contribution in [0.1, 0.15) is 76.7 Å². The second-order valence-corrected chi connectivity index (χ2v) is 13.9. The second kappa shape index (κ2) is 11.8. The fourth-order valence-corrected chi connectivity index (χ4v) is 8.84. The number of nitrogens with one attached hydrogen (secondary N) is 1. The van der Waals surface area contributed by atoms with Crippen molar-refractivity contribution in [2.45, 2.75) is 57.5 Å². The number of rotatable bonds is 7. The molecule has 1 aliphatic carbocycles. The van der Waals surface area contributed by atoms with Gasteiger partial charge in [0.2, 0.25) is 11.8 Å². The maximum Gasteiger partial charge on any atom is 0.257 e. The van der Waals surface area contributed by atoms with Crippen molar-refractivity contribution in [3.8, 4) is 21.9 Å². The summed E-state index contributed by atoms with van der Waals surface area (Å²) in [6.45, 7) is 4.87. The molecule has 0 radical (unpaired) electrons. The first-order valence-corrected chi connectivity index (χ1v) is 17.4. The Kier molecular flexibility index (Phi) is 7.24. The minimum absolute atomic E-state index is 0.0201. The highest BCUT2D eigenvalue weighted by molar-refractivity contribution is 7.23. The zero-order chi connectivity index (χ0) is 31.5. The van der Waals surface area contributed by atoms with Crippen LogP contribution in [0.2, 0.25) is 0 Å². The number of morpholine rings is 1. The van der Waals surface area contributed by atoms with E-state index in [1.54, 1.807) is 18.3 Å². The third-order valence-corrected chi connectivity index (χ3v) is 11.2. The first-order chi connectivity index (χ1) is 23.1. The van der Waals surface area contributed by atoms with Crippen molar-refractivity contribution < 1.29 is 18.7 Å². The van der Waals surface area contributed by atoms with E-state index in [4.69, 9.17) is 23.9 Å². The van der Waals surface area contributed by atoms with Gasteiger partial charge in [-0.15, -0.1) is 21.5 Å². The van der Waals surface area contributed by atoms with Crippen LogP contribution in [0.15, 0.2) is 41.1 Å². The first-order valence-electron chi connectivity index (χ1n) is 16.6. The summed E-state index contributed by atoms with van der Waals surface area (Å²) in [5, 5.41) is 13.5. The summed E-state index contributed by atoms with van der Waals surface area (Å²) in [7, 11) is 0. The molecule has 2 saturated heterocycles. The molecule has 1 amide bonds. The highest BCUT2D eigenvalue weighted by Crippen LogP contribution is 2.49. The summed E-state index contributed by atoms with van der Waals surface area (Å²) >= 11 is 1.64. The molecule has 0 bridgehead atoms. The van der Waals surface area contributed by atoms with E-state index in [0.29, 0.717) is 43.0 Å². The number of anilines is 1. The fraction of sp³-hybridized carbons (Fsp3) is 0.429. The molecule has 240 valence electrons. The van der Waals surface area contributed by atoms with Crippen LogP contribution < -0.4 is 5.32 Å². The highest BCUT2D eigenvalue weighted by Gasteiger charge is 2.44. The van der Waals surface area contributed by atoms with Gasteiger partial charge in [0.05, 0.1) is 52.5 Å². The Balaban J connectivity index is 1.21. The fourth-order valence-electron chi connectivity index (χ4n) is 7.68. The predicted octanol–water partition coefficient (Wildman–Crippen LogP) is 6.10. The van der Waals surface area contributed by atoms with Gasteiger partial charge in [-0.1, -0.05) is 6.07 Å². The summed E-state index contributed by atoms with van der Waals surface area (Å²) in [5.74, 6) is 2.23. The molecule has 47 heavy (non-hydrogen) atoms. The zero-order valence-electron chi connectivity index (χ0n) is 26.2. The summed E-state index contributed by atoms with van der Waals surface area (Å²) in [4.78, 5) is 31.8. The number of fused-ring (bicyclic) bond motifs is 5. The summed E-state index contributed by atoms with van der Waals surface area (Å²) < 4.78 is 18.7. The maximum atomic E-state index is 14.3. The Hall–Kier alpha value is -4.26. The molecule has 2 fully saturated rings. The maximum absolute atomic E-state index is 14.3. The molecule has 0 aromatic carbocycles. The minimum Gasteiger partial charge on any atom is -0.421 e. The lowest BCUT2D eigenvalue weighted by Crippen LogP contribution is -2.38. The van der Waals surface area contributed by atoms with Crippen molar-refractivity contribution in [3.05, 3.63) is 70.8 Å². The van der Waals surface area contributed by atoms with E-state index >= 15 is 0 Å². The molecule has 9 rings (SSSR count). The van der Waals surface area contributed by atoms with Crippen LogP contribution in [0.5, 0.6) is 0 Å². The van der Waals surface area contributed by atoms with Crippen molar-refractivity contribution in [1.82, 2.24) is 30.0 Å². The van der Waals surface area contributed by atoms with Gasteiger partial charge in [-0.2, -0.15) is 0 Å². The number of carbonyl (C=O) groups is 1. The van der Waals surface area contributed by atoms with Crippen molar-refractivity contribution in [2.24, 2.45) is 5.92 Å². The number of hydrogen-bond acceptors (Lipinski definition) is 11. The van der Waals surface area contributed by atoms with Crippen molar-refractivity contribution in [1.29, 1.82) is 0 Å². The predicted molar refractivity (Wildman–Crippen MR) is 176 cm³/mol. The summed E-state index contributed by atoms with van der Waals surface area (Å²) in [5.41, 5.74) is 6.24. The normalized spacial score (nSPS) is 20.9. The lowest BCUT2D eigenvalue weighted by atomic mass is 9.90. The van der Waals surface area contributed by atoms with E-state index in [2.05, 4.69) is 32.6 Å². The number of pyridine rings is 3. The Morgan fingerprint density at radius 3 is 2.81 bits per heavy atom. The molecule has 0 spiro atoms. The van der Waals surface area contributed by atoms with Crippen molar-refractivity contribution in [3.63, 3.8) is 0 Å². The van der Waals surface area contributed by atoms with E-state index < -0.39 is 0 Å². The molecule has 11 nitrogen and oxygen atoms in total. The molecule has 12 heteroatoms.